The number of anilines is 1. The average Bonchev–Trinajstić information content (AvgIpc) is 3.58. The summed E-state index contributed by atoms with van der Waals surface area (Å²) in [6.07, 6.45) is 1.40. The van der Waals surface area contributed by atoms with Crippen molar-refractivity contribution in [1.82, 2.24) is 19.8 Å². The summed E-state index contributed by atoms with van der Waals surface area (Å²) in [4.78, 5) is 27.8. The van der Waals surface area contributed by atoms with E-state index >= 15 is 0 Å². The molecule has 4 heterocycles. The molecule has 0 N–H and O–H groups in total. The van der Waals surface area contributed by atoms with Gasteiger partial charge in [-0.25, -0.2) is 8.78 Å². The number of piperazine rings is 1. The predicted molar refractivity (Wildman–Crippen MR) is 174 cm³/mol. The summed E-state index contributed by atoms with van der Waals surface area (Å²) >= 11 is 6.67. The summed E-state index contributed by atoms with van der Waals surface area (Å²) in [5, 5.41) is 12.9. The van der Waals surface area contributed by atoms with Crippen LogP contribution in [-0.2, 0) is 4.79 Å². The molecule has 0 aliphatic carbocycles. The second-order valence-electron chi connectivity index (χ2n) is 12.4. The van der Waals surface area contributed by atoms with E-state index in [-0.39, 0.29) is 37.7 Å². The minimum Gasteiger partial charge on any atom is -0.461 e. The molecule has 3 atom stereocenters. The SMILES string of the molecule is C=C(F)C(=O)N1CCN(c2nc(OC[C@@]34CCCN3C[C@H](F)C4)nc3cc(-c4cccc5cccc(Cl)c45)ccc23)C[C@@H]1CC#N. The predicted octanol–water partition coefficient (Wildman–Crippen LogP) is 6.47. The highest BCUT2D eigenvalue weighted by molar-refractivity contribution is 6.36. The molecule has 7 rings (SSSR count). The van der Waals surface area contributed by atoms with Gasteiger partial charge in [-0.15, -0.1) is 0 Å². The molecule has 1 aromatic heterocycles. The molecular formula is C35H33ClF2N6O2. The van der Waals surface area contributed by atoms with E-state index < -0.39 is 23.9 Å². The van der Waals surface area contributed by atoms with Crippen molar-refractivity contribution in [3.8, 4) is 23.2 Å². The van der Waals surface area contributed by atoms with Crippen molar-refractivity contribution in [2.75, 3.05) is 44.2 Å². The molecule has 3 saturated heterocycles. The first-order chi connectivity index (χ1) is 22.3. The number of benzene rings is 3. The van der Waals surface area contributed by atoms with E-state index in [9.17, 15) is 18.8 Å². The number of amides is 1. The number of nitrogens with zero attached hydrogens (tertiary/aromatic N) is 6. The molecule has 4 aromatic rings. The van der Waals surface area contributed by atoms with Gasteiger partial charge in [-0.05, 0) is 54.1 Å². The number of rotatable bonds is 7. The van der Waals surface area contributed by atoms with Crippen LogP contribution in [0.2, 0.25) is 5.02 Å². The minimum atomic E-state index is -1.05. The monoisotopic (exact) mass is 642 g/mol. The minimum absolute atomic E-state index is 0.0244. The van der Waals surface area contributed by atoms with Crippen molar-refractivity contribution in [3.05, 3.63) is 72.0 Å². The Labute approximate surface area is 270 Å². The van der Waals surface area contributed by atoms with E-state index in [0.717, 1.165) is 46.7 Å². The Morgan fingerprint density at radius 2 is 1.96 bits per heavy atom. The van der Waals surface area contributed by atoms with Crippen molar-refractivity contribution >= 4 is 45.0 Å². The smallest absolute Gasteiger partial charge is 0.319 e. The summed E-state index contributed by atoms with van der Waals surface area (Å²) in [5.41, 5.74) is 2.14. The molecule has 3 aliphatic rings. The molecule has 0 spiro atoms. The van der Waals surface area contributed by atoms with E-state index in [1.165, 1.54) is 4.90 Å². The summed E-state index contributed by atoms with van der Waals surface area (Å²) in [6, 6.07) is 19.5. The Bertz CT molecular complexity index is 1890. The molecule has 0 unspecified atom stereocenters. The number of aromatic nitrogens is 2. The van der Waals surface area contributed by atoms with Gasteiger partial charge in [-0.2, -0.15) is 15.2 Å². The molecule has 3 aromatic carbocycles. The van der Waals surface area contributed by atoms with Gasteiger partial charge >= 0.3 is 6.01 Å². The molecule has 0 radical (unpaired) electrons. The fourth-order valence-corrected chi connectivity index (χ4v) is 7.78. The average molecular weight is 643 g/mol. The highest BCUT2D eigenvalue weighted by Gasteiger charge is 2.49. The second-order valence-corrected chi connectivity index (χ2v) is 12.8. The number of alkyl halides is 1. The third kappa shape index (κ3) is 5.41. The van der Waals surface area contributed by atoms with Gasteiger partial charge in [0, 0.05) is 48.4 Å². The van der Waals surface area contributed by atoms with Gasteiger partial charge in [-0.3, -0.25) is 9.69 Å². The maximum absolute atomic E-state index is 14.5. The van der Waals surface area contributed by atoms with Crippen molar-refractivity contribution < 1.29 is 18.3 Å². The van der Waals surface area contributed by atoms with Gasteiger partial charge in [0.2, 0.25) is 0 Å². The van der Waals surface area contributed by atoms with Crippen LogP contribution in [-0.4, -0.2) is 82.8 Å². The first-order valence-corrected chi connectivity index (χ1v) is 15.9. The number of carbonyl (C=O) groups excluding carboxylic acids is 1. The first kappa shape index (κ1) is 30.3. The third-order valence-corrected chi connectivity index (χ3v) is 9.97. The van der Waals surface area contributed by atoms with E-state index in [2.05, 4.69) is 17.5 Å². The number of nitriles is 1. The number of halogens is 3. The number of hydrogen-bond donors (Lipinski definition) is 0. The normalized spacial score (nSPS) is 23.1. The van der Waals surface area contributed by atoms with Crippen LogP contribution in [0.4, 0.5) is 14.6 Å². The molecule has 8 nitrogen and oxygen atoms in total. The van der Waals surface area contributed by atoms with Gasteiger partial charge in [0.25, 0.3) is 5.91 Å². The van der Waals surface area contributed by atoms with Crippen molar-refractivity contribution in [2.24, 2.45) is 0 Å². The molecule has 46 heavy (non-hydrogen) atoms. The van der Waals surface area contributed by atoms with Gasteiger partial charge in [-0.1, -0.05) is 54.6 Å². The zero-order valence-corrected chi connectivity index (χ0v) is 26.0. The fraction of sp³-hybridized carbons (Fsp3) is 0.371. The van der Waals surface area contributed by atoms with E-state index in [4.69, 9.17) is 26.3 Å². The highest BCUT2D eigenvalue weighted by atomic mass is 35.5. The summed E-state index contributed by atoms with van der Waals surface area (Å²) < 4.78 is 34.7. The largest absolute Gasteiger partial charge is 0.461 e. The van der Waals surface area contributed by atoms with Crippen LogP contribution in [0, 0.1) is 11.3 Å². The van der Waals surface area contributed by atoms with Gasteiger partial charge in [0.05, 0.1) is 29.6 Å². The van der Waals surface area contributed by atoms with Crippen LogP contribution in [0.3, 0.4) is 0 Å². The molecule has 3 fully saturated rings. The second kappa shape index (κ2) is 12.1. The molecule has 11 heteroatoms. The lowest BCUT2D eigenvalue weighted by molar-refractivity contribution is -0.131. The summed E-state index contributed by atoms with van der Waals surface area (Å²) in [7, 11) is 0. The molecule has 1 amide bonds. The molecular weight excluding hydrogens is 610 g/mol. The zero-order chi connectivity index (χ0) is 32.0. The molecule has 0 bridgehead atoms. The molecule has 0 saturated carbocycles. The number of fused-ring (bicyclic) bond motifs is 3. The van der Waals surface area contributed by atoms with Crippen LogP contribution in [0.15, 0.2) is 67.0 Å². The van der Waals surface area contributed by atoms with Crippen LogP contribution in [0.25, 0.3) is 32.8 Å². The lowest BCUT2D eigenvalue weighted by Crippen LogP contribution is -2.55. The number of ether oxygens (including phenoxy) is 1. The lowest BCUT2D eigenvalue weighted by atomic mass is 9.95. The zero-order valence-electron chi connectivity index (χ0n) is 25.3. The van der Waals surface area contributed by atoms with Gasteiger partial charge in [0.1, 0.15) is 18.6 Å². The Morgan fingerprint density at radius 3 is 2.76 bits per heavy atom. The fourth-order valence-electron chi connectivity index (χ4n) is 7.50. The van der Waals surface area contributed by atoms with Crippen molar-refractivity contribution in [1.29, 1.82) is 5.26 Å². The van der Waals surface area contributed by atoms with Crippen LogP contribution < -0.4 is 9.64 Å². The number of hydrogen-bond acceptors (Lipinski definition) is 7. The Hall–Kier alpha value is -4.33. The Morgan fingerprint density at radius 1 is 1.13 bits per heavy atom. The van der Waals surface area contributed by atoms with Crippen LogP contribution >= 0.6 is 11.6 Å². The van der Waals surface area contributed by atoms with Crippen molar-refractivity contribution in [3.63, 3.8) is 0 Å². The van der Waals surface area contributed by atoms with Crippen LogP contribution in [0.1, 0.15) is 25.7 Å². The topological polar surface area (TPSA) is 85.6 Å². The van der Waals surface area contributed by atoms with E-state index in [1.807, 2.05) is 59.5 Å². The maximum Gasteiger partial charge on any atom is 0.319 e. The van der Waals surface area contributed by atoms with Gasteiger partial charge < -0.3 is 14.5 Å². The first-order valence-electron chi connectivity index (χ1n) is 15.5. The third-order valence-electron chi connectivity index (χ3n) is 9.65. The highest BCUT2D eigenvalue weighted by Crippen LogP contribution is 2.41. The Kier molecular flexibility index (Phi) is 7.99. The van der Waals surface area contributed by atoms with E-state index in [0.29, 0.717) is 35.9 Å². The quantitative estimate of drug-likeness (QED) is 0.214. The van der Waals surface area contributed by atoms with Crippen LogP contribution in [0.5, 0.6) is 6.01 Å². The van der Waals surface area contributed by atoms with Gasteiger partial charge in [0.15, 0.2) is 5.83 Å². The lowest BCUT2D eigenvalue weighted by Gasteiger charge is -2.41. The summed E-state index contributed by atoms with van der Waals surface area (Å²) in [6.45, 7) is 5.51. The molecule has 3 aliphatic heterocycles. The maximum atomic E-state index is 14.5. The summed E-state index contributed by atoms with van der Waals surface area (Å²) in [5.74, 6) is -1.27. The van der Waals surface area contributed by atoms with Crippen molar-refractivity contribution in [2.45, 2.75) is 43.4 Å². The standard InChI is InChI=1S/C35H33ClF2N6O2/c1-22(37)33(45)44-16-15-42(20-26(44)11-13-39)32-28-10-9-24(27-7-2-5-23-6-3-8-29(36)31(23)27)17-30(28)40-34(41-32)46-21-35-12-4-14-43(35)19-25(38)18-35/h2-3,5-10,17,25-26H,1,4,11-12,14-16,18-21H2/t25-,26+,35+/m1/s1. The molecule has 236 valence electrons. The number of carbonyl (C=O) groups is 1. The van der Waals surface area contributed by atoms with E-state index in [1.54, 1.807) is 0 Å². The Balaban J connectivity index is 1.29.